The molecule has 0 bridgehead atoms. The lowest BCUT2D eigenvalue weighted by Crippen LogP contribution is -2.54. The summed E-state index contributed by atoms with van der Waals surface area (Å²) in [6.45, 7) is 2.16. The molecule has 2 rings (SSSR count). The van der Waals surface area contributed by atoms with Crippen molar-refractivity contribution in [1.82, 2.24) is 16.0 Å². The van der Waals surface area contributed by atoms with Crippen LogP contribution in [0.3, 0.4) is 0 Å². The van der Waals surface area contributed by atoms with Gasteiger partial charge in [0.1, 0.15) is 5.41 Å². The summed E-state index contributed by atoms with van der Waals surface area (Å²) in [4.78, 5) is 34.0. The van der Waals surface area contributed by atoms with Crippen molar-refractivity contribution in [3.63, 3.8) is 0 Å². The molecule has 0 aromatic carbocycles. The van der Waals surface area contributed by atoms with E-state index in [9.17, 15) is 14.4 Å². The van der Waals surface area contributed by atoms with Crippen LogP contribution in [0.1, 0.15) is 13.3 Å². The largest absolute Gasteiger partial charge is 0.481 e. The Bertz CT molecular complexity index is 413. The number of hydrogen-bond acceptors (Lipinski definition) is 4. The van der Waals surface area contributed by atoms with E-state index in [1.165, 1.54) is 6.92 Å². The second-order valence-electron chi connectivity index (χ2n) is 5.11. The highest BCUT2D eigenvalue weighted by Crippen LogP contribution is 2.28. The molecule has 2 heterocycles. The van der Waals surface area contributed by atoms with Crippen LogP contribution in [0, 0.1) is 5.41 Å². The number of ether oxygens (including phenoxy) is 1. The van der Waals surface area contributed by atoms with Crippen LogP contribution in [-0.4, -0.2) is 54.9 Å². The Kier molecular flexibility index (Phi) is 3.61. The van der Waals surface area contributed by atoms with Crippen LogP contribution in [0.25, 0.3) is 0 Å². The van der Waals surface area contributed by atoms with Gasteiger partial charge in [0.25, 0.3) is 0 Å². The summed E-state index contributed by atoms with van der Waals surface area (Å²) in [5, 5.41) is 17.0. The summed E-state index contributed by atoms with van der Waals surface area (Å²) < 4.78 is 5.13. The number of carboxylic acid groups (broad SMARTS) is 1. The quantitative estimate of drug-likeness (QED) is 0.507. The molecule has 2 fully saturated rings. The standard InChI is InChI=1S/C11H17N3O5/c1-11(9(16)17)5-19-4-7(11)14-10(18)13-6-2-8(15)12-3-6/h6-7H,2-5H2,1H3,(H,12,15)(H,16,17)(H2,13,14,18). The van der Waals surface area contributed by atoms with Crippen molar-refractivity contribution in [3.8, 4) is 0 Å². The molecule has 19 heavy (non-hydrogen) atoms. The van der Waals surface area contributed by atoms with Crippen molar-refractivity contribution >= 4 is 17.9 Å². The van der Waals surface area contributed by atoms with Gasteiger partial charge >= 0.3 is 12.0 Å². The highest BCUT2D eigenvalue weighted by atomic mass is 16.5. The molecule has 3 amide bonds. The molecule has 0 radical (unpaired) electrons. The molecule has 8 heteroatoms. The first kappa shape index (κ1) is 13.6. The summed E-state index contributed by atoms with van der Waals surface area (Å²) in [7, 11) is 0. The van der Waals surface area contributed by atoms with E-state index in [-0.39, 0.29) is 31.6 Å². The maximum Gasteiger partial charge on any atom is 0.315 e. The fourth-order valence-corrected chi connectivity index (χ4v) is 2.18. The van der Waals surface area contributed by atoms with Gasteiger partial charge in [0.15, 0.2) is 0 Å². The number of carbonyl (C=O) groups is 3. The Labute approximate surface area is 109 Å². The van der Waals surface area contributed by atoms with E-state index in [1.807, 2.05) is 0 Å². The normalized spacial score (nSPS) is 33.8. The Balaban J connectivity index is 1.88. The van der Waals surface area contributed by atoms with E-state index in [1.54, 1.807) is 0 Å². The second kappa shape index (κ2) is 5.04. The predicted molar refractivity (Wildman–Crippen MR) is 63.4 cm³/mol. The van der Waals surface area contributed by atoms with Crippen molar-refractivity contribution in [2.75, 3.05) is 19.8 Å². The smallest absolute Gasteiger partial charge is 0.315 e. The van der Waals surface area contributed by atoms with E-state index in [0.29, 0.717) is 6.54 Å². The van der Waals surface area contributed by atoms with Crippen LogP contribution in [0.15, 0.2) is 0 Å². The summed E-state index contributed by atoms with van der Waals surface area (Å²) in [6, 6.07) is -1.33. The first-order chi connectivity index (χ1) is 8.91. The number of nitrogens with one attached hydrogen (secondary N) is 3. The molecule has 2 aliphatic heterocycles. The SMILES string of the molecule is CC1(C(=O)O)COCC1NC(=O)NC1CNC(=O)C1. The number of carbonyl (C=O) groups excluding carboxylic acids is 2. The molecule has 0 saturated carbocycles. The van der Waals surface area contributed by atoms with Crippen LogP contribution in [0.4, 0.5) is 4.79 Å². The molecule has 4 N–H and O–H groups in total. The maximum atomic E-state index is 11.8. The summed E-state index contributed by atoms with van der Waals surface area (Å²) >= 11 is 0. The van der Waals surface area contributed by atoms with Crippen molar-refractivity contribution in [2.24, 2.45) is 5.41 Å². The van der Waals surface area contributed by atoms with E-state index in [0.717, 1.165) is 0 Å². The molecule has 106 valence electrons. The summed E-state index contributed by atoms with van der Waals surface area (Å²) in [5.41, 5.74) is -1.12. The third-order valence-electron chi connectivity index (χ3n) is 3.56. The van der Waals surface area contributed by atoms with Crippen LogP contribution in [0.2, 0.25) is 0 Å². The first-order valence-corrected chi connectivity index (χ1v) is 6.06. The van der Waals surface area contributed by atoms with Crippen LogP contribution >= 0.6 is 0 Å². The molecule has 3 atom stereocenters. The molecule has 8 nitrogen and oxygen atoms in total. The average Bonchev–Trinajstić information content (AvgIpc) is 2.87. The van der Waals surface area contributed by atoms with Gasteiger partial charge in [0.2, 0.25) is 5.91 Å². The Morgan fingerprint density at radius 2 is 2.21 bits per heavy atom. The minimum Gasteiger partial charge on any atom is -0.481 e. The van der Waals surface area contributed by atoms with Gasteiger partial charge in [-0.1, -0.05) is 0 Å². The average molecular weight is 271 g/mol. The van der Waals surface area contributed by atoms with Crippen molar-refractivity contribution in [1.29, 1.82) is 0 Å². The monoisotopic (exact) mass is 271 g/mol. The summed E-state index contributed by atoms with van der Waals surface area (Å²) in [6.07, 6.45) is 0.241. The maximum absolute atomic E-state index is 11.8. The molecule has 2 aliphatic rings. The lowest BCUT2D eigenvalue weighted by atomic mass is 9.85. The topological polar surface area (TPSA) is 117 Å². The van der Waals surface area contributed by atoms with Gasteiger partial charge in [0.05, 0.1) is 25.3 Å². The third kappa shape index (κ3) is 2.78. The van der Waals surface area contributed by atoms with Gasteiger partial charge in [-0.15, -0.1) is 0 Å². The van der Waals surface area contributed by atoms with E-state index >= 15 is 0 Å². The molecule has 0 aromatic heterocycles. The fraction of sp³-hybridized carbons (Fsp3) is 0.727. The van der Waals surface area contributed by atoms with E-state index in [2.05, 4.69) is 16.0 Å². The molecule has 0 aromatic rings. The predicted octanol–water partition coefficient (Wildman–Crippen LogP) is -1.34. The number of hydrogen-bond donors (Lipinski definition) is 4. The van der Waals surface area contributed by atoms with Crippen LogP contribution in [0.5, 0.6) is 0 Å². The van der Waals surface area contributed by atoms with Crippen molar-refractivity contribution in [2.45, 2.75) is 25.4 Å². The zero-order valence-electron chi connectivity index (χ0n) is 10.6. The van der Waals surface area contributed by atoms with Crippen LogP contribution in [-0.2, 0) is 14.3 Å². The van der Waals surface area contributed by atoms with Gasteiger partial charge in [-0.2, -0.15) is 0 Å². The second-order valence-corrected chi connectivity index (χ2v) is 5.11. The molecular formula is C11H17N3O5. The van der Waals surface area contributed by atoms with Gasteiger partial charge < -0.3 is 25.8 Å². The molecule has 2 saturated heterocycles. The number of carboxylic acids is 1. The van der Waals surface area contributed by atoms with Crippen molar-refractivity contribution < 1.29 is 24.2 Å². The zero-order valence-corrected chi connectivity index (χ0v) is 10.6. The fourth-order valence-electron chi connectivity index (χ4n) is 2.18. The van der Waals surface area contributed by atoms with E-state index in [4.69, 9.17) is 9.84 Å². The molecular weight excluding hydrogens is 254 g/mol. The Morgan fingerprint density at radius 1 is 1.47 bits per heavy atom. The molecule has 0 aliphatic carbocycles. The van der Waals surface area contributed by atoms with Gasteiger partial charge in [-0.05, 0) is 6.92 Å². The summed E-state index contributed by atoms with van der Waals surface area (Å²) in [5.74, 6) is -1.11. The molecule has 0 spiro atoms. The zero-order chi connectivity index (χ0) is 14.0. The number of urea groups is 1. The highest BCUT2D eigenvalue weighted by Gasteiger charge is 2.47. The van der Waals surface area contributed by atoms with E-state index < -0.39 is 23.5 Å². The van der Waals surface area contributed by atoms with Gasteiger partial charge in [0, 0.05) is 13.0 Å². The minimum atomic E-state index is -1.12. The minimum absolute atomic E-state index is 0.0662. The van der Waals surface area contributed by atoms with Gasteiger partial charge in [-0.3, -0.25) is 9.59 Å². The lowest BCUT2D eigenvalue weighted by Gasteiger charge is -2.26. The van der Waals surface area contributed by atoms with Crippen molar-refractivity contribution in [3.05, 3.63) is 0 Å². The lowest BCUT2D eigenvalue weighted by molar-refractivity contribution is -0.148. The van der Waals surface area contributed by atoms with Crippen LogP contribution < -0.4 is 16.0 Å². The first-order valence-electron chi connectivity index (χ1n) is 6.06. The Morgan fingerprint density at radius 3 is 2.79 bits per heavy atom. The number of rotatable bonds is 3. The molecule has 3 unspecified atom stereocenters. The highest BCUT2D eigenvalue weighted by molar-refractivity contribution is 5.82. The number of amides is 3. The number of aliphatic carboxylic acids is 1. The Hall–Kier alpha value is -1.83. The third-order valence-corrected chi connectivity index (χ3v) is 3.56. The van der Waals surface area contributed by atoms with Gasteiger partial charge in [-0.25, -0.2) is 4.79 Å².